The fraction of sp³-hybridized carbons (Fsp3) is 0.167. The highest BCUT2D eigenvalue weighted by molar-refractivity contribution is 6.05. The van der Waals surface area contributed by atoms with Crippen LogP contribution in [0.15, 0.2) is 48.7 Å². The number of aromatic nitrogens is 1. The Kier molecular flexibility index (Phi) is 6.08. The lowest BCUT2D eigenvalue weighted by Crippen LogP contribution is -2.15. The minimum absolute atomic E-state index is 0.167. The molecule has 0 saturated heterocycles. The first-order valence-electron chi connectivity index (χ1n) is 7.39. The number of anilines is 1. The highest BCUT2D eigenvalue weighted by Crippen LogP contribution is 2.14. The Morgan fingerprint density at radius 3 is 2.62 bits per heavy atom. The number of amides is 1. The molecule has 2 rings (SSSR count). The van der Waals surface area contributed by atoms with Crippen molar-refractivity contribution in [3.63, 3.8) is 0 Å². The standard InChI is InChI=1S/C18H18N2O4/c1-3-24-18(22)15-5-4-12-19-17(15)20-16(21)11-8-13-6-9-14(23-2)10-7-13/h4-12H,3H2,1-2H3,(H,19,20,21)/b11-8+. The van der Waals surface area contributed by atoms with Gasteiger partial charge in [-0.15, -0.1) is 0 Å². The van der Waals surface area contributed by atoms with Gasteiger partial charge in [-0.05, 0) is 42.8 Å². The Balaban J connectivity index is 2.06. The van der Waals surface area contributed by atoms with Gasteiger partial charge in [0.25, 0.3) is 0 Å². The molecule has 0 atom stereocenters. The number of nitrogens with zero attached hydrogens (tertiary/aromatic N) is 1. The van der Waals surface area contributed by atoms with Crippen LogP contribution >= 0.6 is 0 Å². The van der Waals surface area contributed by atoms with Crippen molar-refractivity contribution in [3.8, 4) is 5.75 Å². The number of ether oxygens (including phenoxy) is 2. The summed E-state index contributed by atoms with van der Waals surface area (Å²) in [4.78, 5) is 27.9. The molecule has 6 nitrogen and oxygen atoms in total. The van der Waals surface area contributed by atoms with Crippen LogP contribution in [0.3, 0.4) is 0 Å². The predicted molar refractivity (Wildman–Crippen MR) is 90.9 cm³/mol. The number of carbonyl (C=O) groups excluding carboxylic acids is 2. The number of nitrogens with one attached hydrogen (secondary N) is 1. The summed E-state index contributed by atoms with van der Waals surface area (Å²) in [5.74, 6) is -0.0143. The van der Waals surface area contributed by atoms with E-state index in [-0.39, 0.29) is 18.0 Å². The van der Waals surface area contributed by atoms with Crippen molar-refractivity contribution in [1.29, 1.82) is 0 Å². The second kappa shape index (κ2) is 8.47. The third kappa shape index (κ3) is 4.67. The Bertz CT molecular complexity index is 739. The van der Waals surface area contributed by atoms with Gasteiger partial charge < -0.3 is 14.8 Å². The van der Waals surface area contributed by atoms with Crippen LogP contribution in [0.25, 0.3) is 6.08 Å². The maximum Gasteiger partial charge on any atom is 0.341 e. The second-order valence-corrected chi connectivity index (χ2v) is 4.72. The quantitative estimate of drug-likeness (QED) is 0.652. The maximum atomic E-state index is 12.0. The highest BCUT2D eigenvalue weighted by Gasteiger charge is 2.14. The van der Waals surface area contributed by atoms with E-state index in [1.807, 2.05) is 12.1 Å². The van der Waals surface area contributed by atoms with Gasteiger partial charge in [-0.25, -0.2) is 9.78 Å². The summed E-state index contributed by atoms with van der Waals surface area (Å²) >= 11 is 0. The van der Waals surface area contributed by atoms with Crippen molar-refractivity contribution in [2.24, 2.45) is 0 Å². The average Bonchev–Trinajstić information content (AvgIpc) is 2.61. The van der Waals surface area contributed by atoms with Crippen LogP contribution in [0.5, 0.6) is 5.75 Å². The van der Waals surface area contributed by atoms with Gasteiger partial charge in [0.15, 0.2) is 0 Å². The SMILES string of the molecule is CCOC(=O)c1cccnc1NC(=O)/C=C/c1ccc(OC)cc1. The molecule has 0 unspecified atom stereocenters. The minimum atomic E-state index is -0.528. The number of methoxy groups -OCH3 is 1. The first-order chi connectivity index (χ1) is 11.6. The Morgan fingerprint density at radius 2 is 1.96 bits per heavy atom. The summed E-state index contributed by atoms with van der Waals surface area (Å²) in [6.45, 7) is 1.96. The van der Waals surface area contributed by atoms with E-state index >= 15 is 0 Å². The molecule has 0 saturated carbocycles. The molecule has 2 aromatic rings. The number of benzene rings is 1. The van der Waals surface area contributed by atoms with Gasteiger partial charge in [-0.3, -0.25) is 4.79 Å². The zero-order chi connectivity index (χ0) is 17.4. The van der Waals surface area contributed by atoms with Gasteiger partial charge in [0, 0.05) is 12.3 Å². The van der Waals surface area contributed by atoms with E-state index in [4.69, 9.17) is 9.47 Å². The van der Waals surface area contributed by atoms with Gasteiger partial charge in [0.2, 0.25) is 5.91 Å². The number of esters is 1. The Hall–Kier alpha value is -3.15. The molecule has 24 heavy (non-hydrogen) atoms. The summed E-state index contributed by atoms with van der Waals surface area (Å²) in [5, 5.41) is 2.58. The second-order valence-electron chi connectivity index (χ2n) is 4.72. The van der Waals surface area contributed by atoms with Crippen molar-refractivity contribution in [3.05, 3.63) is 59.8 Å². The predicted octanol–water partition coefficient (Wildman–Crippen LogP) is 2.92. The fourth-order valence-corrected chi connectivity index (χ4v) is 1.92. The molecule has 1 heterocycles. The van der Waals surface area contributed by atoms with E-state index < -0.39 is 11.9 Å². The van der Waals surface area contributed by atoms with Crippen LogP contribution in [-0.4, -0.2) is 30.6 Å². The first kappa shape index (κ1) is 17.2. The van der Waals surface area contributed by atoms with Crippen LogP contribution in [0.2, 0.25) is 0 Å². The maximum absolute atomic E-state index is 12.0. The molecule has 1 amide bonds. The van der Waals surface area contributed by atoms with Gasteiger partial charge in [0.1, 0.15) is 17.1 Å². The summed E-state index contributed by atoms with van der Waals surface area (Å²) in [5.41, 5.74) is 1.06. The molecule has 0 bridgehead atoms. The fourth-order valence-electron chi connectivity index (χ4n) is 1.92. The number of hydrogen-bond acceptors (Lipinski definition) is 5. The number of rotatable bonds is 6. The van der Waals surface area contributed by atoms with Crippen LogP contribution in [-0.2, 0) is 9.53 Å². The van der Waals surface area contributed by atoms with E-state index in [1.54, 1.807) is 44.4 Å². The number of carbonyl (C=O) groups is 2. The molecule has 0 aliphatic heterocycles. The van der Waals surface area contributed by atoms with E-state index in [0.29, 0.717) is 0 Å². The van der Waals surface area contributed by atoms with Crippen LogP contribution in [0.4, 0.5) is 5.82 Å². The lowest BCUT2D eigenvalue weighted by atomic mass is 10.2. The Morgan fingerprint density at radius 1 is 1.21 bits per heavy atom. The van der Waals surface area contributed by atoms with Crippen molar-refractivity contribution in [2.45, 2.75) is 6.92 Å². The van der Waals surface area contributed by atoms with Crippen molar-refractivity contribution < 1.29 is 19.1 Å². The van der Waals surface area contributed by atoms with Gasteiger partial charge in [0.05, 0.1) is 13.7 Å². The minimum Gasteiger partial charge on any atom is -0.497 e. The summed E-state index contributed by atoms with van der Waals surface area (Å²) in [6, 6.07) is 10.4. The monoisotopic (exact) mass is 326 g/mol. The van der Waals surface area contributed by atoms with Crippen LogP contribution < -0.4 is 10.1 Å². The van der Waals surface area contributed by atoms with Gasteiger partial charge in [-0.1, -0.05) is 12.1 Å². The number of hydrogen-bond donors (Lipinski definition) is 1. The molecule has 0 spiro atoms. The van der Waals surface area contributed by atoms with E-state index in [1.165, 1.54) is 12.3 Å². The van der Waals surface area contributed by atoms with Crippen molar-refractivity contribution in [1.82, 2.24) is 4.98 Å². The molecule has 0 radical (unpaired) electrons. The van der Waals surface area contributed by atoms with Gasteiger partial charge >= 0.3 is 5.97 Å². The van der Waals surface area contributed by atoms with E-state index in [9.17, 15) is 9.59 Å². The third-order valence-corrected chi connectivity index (χ3v) is 3.09. The summed E-state index contributed by atoms with van der Waals surface area (Å²) in [7, 11) is 1.59. The lowest BCUT2D eigenvalue weighted by molar-refractivity contribution is -0.111. The molecule has 0 fully saturated rings. The summed E-state index contributed by atoms with van der Waals surface area (Å²) in [6.07, 6.45) is 4.51. The Labute approximate surface area is 140 Å². The molecule has 1 aromatic heterocycles. The lowest BCUT2D eigenvalue weighted by Gasteiger charge is -2.07. The summed E-state index contributed by atoms with van der Waals surface area (Å²) < 4.78 is 10.0. The largest absolute Gasteiger partial charge is 0.497 e. The van der Waals surface area contributed by atoms with Crippen molar-refractivity contribution >= 4 is 23.8 Å². The first-order valence-corrected chi connectivity index (χ1v) is 7.39. The highest BCUT2D eigenvalue weighted by atomic mass is 16.5. The molecule has 124 valence electrons. The molecule has 0 aliphatic carbocycles. The smallest absolute Gasteiger partial charge is 0.341 e. The molecular formula is C18H18N2O4. The molecule has 6 heteroatoms. The van der Waals surface area contributed by atoms with Crippen LogP contribution in [0.1, 0.15) is 22.8 Å². The topological polar surface area (TPSA) is 77.5 Å². The third-order valence-electron chi connectivity index (χ3n) is 3.09. The zero-order valence-corrected chi connectivity index (χ0v) is 13.5. The van der Waals surface area contributed by atoms with Gasteiger partial charge in [-0.2, -0.15) is 0 Å². The van der Waals surface area contributed by atoms with Crippen LogP contribution in [0, 0.1) is 0 Å². The molecule has 0 aliphatic rings. The molecule has 1 N–H and O–H groups in total. The van der Waals surface area contributed by atoms with E-state index in [2.05, 4.69) is 10.3 Å². The normalized spacial score (nSPS) is 10.4. The van der Waals surface area contributed by atoms with Crippen molar-refractivity contribution in [2.75, 3.05) is 19.0 Å². The zero-order valence-electron chi connectivity index (χ0n) is 13.5. The number of pyridine rings is 1. The van der Waals surface area contributed by atoms with E-state index in [0.717, 1.165) is 11.3 Å². The molecule has 1 aromatic carbocycles. The molecular weight excluding hydrogens is 308 g/mol. The average molecular weight is 326 g/mol.